The lowest BCUT2D eigenvalue weighted by molar-refractivity contribution is -0.113. The fourth-order valence-electron chi connectivity index (χ4n) is 2.59. The van der Waals surface area contributed by atoms with E-state index in [1.54, 1.807) is 24.4 Å². The molecule has 1 aliphatic heterocycles. The molecule has 0 spiro atoms. The van der Waals surface area contributed by atoms with Crippen LogP contribution in [0.1, 0.15) is 0 Å². The summed E-state index contributed by atoms with van der Waals surface area (Å²) in [6.07, 6.45) is 1.77. The minimum absolute atomic E-state index is 0.107. The molecule has 2 N–H and O–H groups in total. The van der Waals surface area contributed by atoms with Gasteiger partial charge in [0, 0.05) is 11.8 Å². The second-order valence-electron chi connectivity index (χ2n) is 5.66. The van der Waals surface area contributed by atoms with E-state index >= 15 is 0 Å². The Labute approximate surface area is 154 Å². The molecule has 3 aromatic rings. The number of benzene rings is 2. The average molecular weight is 367 g/mol. The first-order chi connectivity index (χ1) is 12.8. The zero-order valence-electron chi connectivity index (χ0n) is 13.9. The van der Waals surface area contributed by atoms with E-state index in [0.717, 1.165) is 11.3 Å². The molecule has 0 fully saturated rings. The Morgan fingerprint density at radius 3 is 2.77 bits per heavy atom. The molecule has 26 heavy (non-hydrogen) atoms. The summed E-state index contributed by atoms with van der Waals surface area (Å²) >= 11 is 1.36. The summed E-state index contributed by atoms with van der Waals surface area (Å²) in [5.74, 6) is 1.51. The van der Waals surface area contributed by atoms with Gasteiger partial charge in [-0.05, 0) is 17.7 Å². The second-order valence-corrected chi connectivity index (χ2v) is 6.63. The lowest BCUT2D eigenvalue weighted by atomic mass is 10.2. The largest absolute Gasteiger partial charge is 0.486 e. The normalized spacial score (nSPS) is 12.6. The number of amides is 1. The first kappa shape index (κ1) is 16.5. The molecule has 0 saturated heterocycles. The molecule has 0 atom stereocenters. The Balaban J connectivity index is 1.34. The number of aromatic amines is 1. The molecule has 0 bridgehead atoms. The molecule has 0 unspecified atom stereocenters. The topological polar surface area (TPSA) is 76.2 Å². The van der Waals surface area contributed by atoms with E-state index in [1.165, 1.54) is 11.8 Å². The lowest BCUT2D eigenvalue weighted by Crippen LogP contribution is -2.17. The van der Waals surface area contributed by atoms with E-state index in [0.29, 0.717) is 35.6 Å². The molecular weight excluding hydrogens is 350 g/mol. The smallest absolute Gasteiger partial charge is 0.234 e. The van der Waals surface area contributed by atoms with Crippen LogP contribution in [0.4, 0.5) is 5.69 Å². The summed E-state index contributed by atoms with van der Waals surface area (Å²) in [5, 5.41) is 3.57. The lowest BCUT2D eigenvalue weighted by Gasteiger charge is -2.18. The summed E-state index contributed by atoms with van der Waals surface area (Å²) in [5.41, 5.74) is 2.68. The number of thioether (sulfide) groups is 1. The number of aromatic nitrogens is 2. The molecule has 0 aliphatic carbocycles. The highest BCUT2D eigenvalue weighted by Crippen LogP contribution is 2.32. The van der Waals surface area contributed by atoms with E-state index in [1.807, 2.05) is 30.3 Å². The molecule has 1 amide bonds. The maximum Gasteiger partial charge on any atom is 0.234 e. The second kappa shape index (κ2) is 7.53. The van der Waals surface area contributed by atoms with Crippen LogP contribution in [0.5, 0.6) is 11.5 Å². The van der Waals surface area contributed by atoms with E-state index in [2.05, 4.69) is 15.3 Å². The van der Waals surface area contributed by atoms with Crippen molar-refractivity contribution in [2.75, 3.05) is 24.3 Å². The van der Waals surface area contributed by atoms with Gasteiger partial charge in [-0.25, -0.2) is 4.98 Å². The third kappa shape index (κ3) is 3.83. The number of fused-ring (bicyclic) bond motifs is 1. The van der Waals surface area contributed by atoms with E-state index in [9.17, 15) is 4.79 Å². The molecule has 132 valence electrons. The Kier molecular flexibility index (Phi) is 4.79. The molecule has 0 saturated carbocycles. The average Bonchev–Trinajstić information content (AvgIpc) is 3.16. The van der Waals surface area contributed by atoms with Crippen molar-refractivity contribution in [3.8, 4) is 22.8 Å². The van der Waals surface area contributed by atoms with Gasteiger partial charge in [-0.2, -0.15) is 0 Å². The SMILES string of the molecule is O=C(CSc1ncc(-c2ccccc2)[nH]1)Nc1ccc2c(c1)OCCO2. The molecule has 7 heteroatoms. The molecular formula is C19H17N3O3S. The molecule has 1 aliphatic rings. The van der Waals surface area contributed by atoms with Crippen LogP contribution < -0.4 is 14.8 Å². The van der Waals surface area contributed by atoms with E-state index in [4.69, 9.17) is 9.47 Å². The zero-order chi connectivity index (χ0) is 17.8. The van der Waals surface area contributed by atoms with Gasteiger partial charge in [-0.3, -0.25) is 4.79 Å². The highest BCUT2D eigenvalue weighted by atomic mass is 32.2. The highest BCUT2D eigenvalue weighted by molar-refractivity contribution is 7.99. The van der Waals surface area contributed by atoms with Gasteiger partial charge >= 0.3 is 0 Å². The van der Waals surface area contributed by atoms with Crippen LogP contribution in [0.2, 0.25) is 0 Å². The van der Waals surface area contributed by atoms with E-state index in [-0.39, 0.29) is 11.7 Å². The summed E-state index contributed by atoms with van der Waals surface area (Å²) in [6.45, 7) is 1.06. The number of ether oxygens (including phenoxy) is 2. The maximum atomic E-state index is 12.2. The summed E-state index contributed by atoms with van der Waals surface area (Å²) < 4.78 is 11.0. The predicted octanol–water partition coefficient (Wildman–Crippen LogP) is 3.58. The number of carbonyl (C=O) groups excluding carboxylic acids is 1. The zero-order valence-corrected chi connectivity index (χ0v) is 14.7. The summed E-state index contributed by atoms with van der Waals surface area (Å²) in [7, 11) is 0. The predicted molar refractivity (Wildman–Crippen MR) is 101 cm³/mol. The fraction of sp³-hybridized carbons (Fsp3) is 0.158. The summed E-state index contributed by atoms with van der Waals surface area (Å²) in [6, 6.07) is 15.3. The van der Waals surface area contributed by atoms with Crippen molar-refractivity contribution in [2.45, 2.75) is 5.16 Å². The Morgan fingerprint density at radius 1 is 1.12 bits per heavy atom. The van der Waals surface area contributed by atoms with Crippen molar-refractivity contribution in [1.29, 1.82) is 0 Å². The third-order valence-corrected chi connectivity index (χ3v) is 4.69. The van der Waals surface area contributed by atoms with Crippen molar-refractivity contribution >= 4 is 23.4 Å². The van der Waals surface area contributed by atoms with Crippen molar-refractivity contribution in [1.82, 2.24) is 9.97 Å². The van der Waals surface area contributed by atoms with Crippen molar-refractivity contribution in [3.63, 3.8) is 0 Å². The van der Waals surface area contributed by atoms with Gasteiger partial charge < -0.3 is 19.8 Å². The number of carbonyl (C=O) groups is 1. The van der Waals surface area contributed by atoms with Gasteiger partial charge in [-0.15, -0.1) is 0 Å². The Bertz CT molecular complexity index is 911. The quantitative estimate of drug-likeness (QED) is 0.674. The Morgan fingerprint density at radius 2 is 1.92 bits per heavy atom. The van der Waals surface area contributed by atoms with Crippen LogP contribution >= 0.6 is 11.8 Å². The third-order valence-electron chi connectivity index (χ3n) is 3.80. The standard InChI is InChI=1S/C19H17N3O3S/c23-18(21-14-6-7-16-17(10-14)25-9-8-24-16)12-26-19-20-11-15(22-19)13-4-2-1-3-5-13/h1-7,10-11H,8-9,12H2,(H,20,22)(H,21,23). The minimum atomic E-state index is -0.107. The van der Waals surface area contributed by atoms with Gasteiger partial charge in [0.15, 0.2) is 16.7 Å². The highest BCUT2D eigenvalue weighted by Gasteiger charge is 2.13. The van der Waals surface area contributed by atoms with Gasteiger partial charge in [0.05, 0.1) is 17.6 Å². The Hall–Kier alpha value is -2.93. The van der Waals surface area contributed by atoms with Gasteiger partial charge in [0.25, 0.3) is 0 Å². The number of nitrogens with one attached hydrogen (secondary N) is 2. The number of anilines is 1. The molecule has 4 rings (SSSR count). The summed E-state index contributed by atoms with van der Waals surface area (Å²) in [4.78, 5) is 19.7. The fourth-order valence-corrected chi connectivity index (χ4v) is 3.24. The number of H-pyrrole nitrogens is 1. The van der Waals surface area contributed by atoms with Crippen LogP contribution in [-0.2, 0) is 4.79 Å². The number of hydrogen-bond donors (Lipinski definition) is 2. The number of nitrogens with zero attached hydrogens (tertiary/aromatic N) is 1. The molecule has 6 nitrogen and oxygen atoms in total. The number of hydrogen-bond acceptors (Lipinski definition) is 5. The van der Waals surface area contributed by atoms with Crippen LogP contribution in [0.3, 0.4) is 0 Å². The monoisotopic (exact) mass is 367 g/mol. The first-order valence-electron chi connectivity index (χ1n) is 8.21. The number of imidazole rings is 1. The maximum absolute atomic E-state index is 12.2. The van der Waals surface area contributed by atoms with Crippen LogP contribution in [0, 0.1) is 0 Å². The first-order valence-corrected chi connectivity index (χ1v) is 9.19. The molecule has 1 aromatic heterocycles. The van der Waals surface area contributed by atoms with Crippen molar-refractivity contribution < 1.29 is 14.3 Å². The molecule has 2 aromatic carbocycles. The van der Waals surface area contributed by atoms with Gasteiger partial charge in [-0.1, -0.05) is 42.1 Å². The minimum Gasteiger partial charge on any atom is -0.486 e. The van der Waals surface area contributed by atoms with Crippen molar-refractivity contribution in [2.24, 2.45) is 0 Å². The van der Waals surface area contributed by atoms with Crippen LogP contribution in [0.15, 0.2) is 59.9 Å². The van der Waals surface area contributed by atoms with Crippen LogP contribution in [0.25, 0.3) is 11.3 Å². The van der Waals surface area contributed by atoms with Crippen molar-refractivity contribution in [3.05, 3.63) is 54.7 Å². The van der Waals surface area contributed by atoms with Gasteiger partial charge in [0.1, 0.15) is 13.2 Å². The number of rotatable bonds is 5. The van der Waals surface area contributed by atoms with E-state index < -0.39 is 0 Å². The molecule has 2 heterocycles. The van der Waals surface area contributed by atoms with Gasteiger partial charge in [0.2, 0.25) is 5.91 Å². The van der Waals surface area contributed by atoms with Crippen LogP contribution in [-0.4, -0.2) is 34.8 Å². The molecule has 0 radical (unpaired) electrons.